The Kier molecular flexibility index (Phi) is 4.85. The van der Waals surface area contributed by atoms with Crippen LogP contribution in [0.1, 0.15) is 23.5 Å². The van der Waals surface area contributed by atoms with E-state index in [4.69, 9.17) is 0 Å². The number of nitrogens with zero attached hydrogens (tertiary/aromatic N) is 1. The number of H-pyrrole nitrogens is 1. The fraction of sp³-hybridized carbons (Fsp3) is 0.294. The molecule has 4 nitrogen and oxygen atoms in total. The average Bonchev–Trinajstić information content (AvgIpc) is 3.15. The van der Waals surface area contributed by atoms with Gasteiger partial charge in [0.2, 0.25) is 5.91 Å². The van der Waals surface area contributed by atoms with E-state index in [9.17, 15) is 4.79 Å². The number of benzene rings is 1. The molecule has 0 saturated carbocycles. The lowest BCUT2D eigenvalue weighted by Gasteiger charge is -2.03. The molecule has 0 radical (unpaired) electrons. The number of para-hydroxylation sites is 2. The molecule has 0 aliphatic heterocycles. The lowest BCUT2D eigenvalue weighted by atomic mass is 10.2. The van der Waals surface area contributed by atoms with Crippen LogP contribution in [-0.4, -0.2) is 22.4 Å². The van der Waals surface area contributed by atoms with Crippen LogP contribution >= 0.6 is 11.3 Å². The van der Waals surface area contributed by atoms with Crippen LogP contribution in [0.25, 0.3) is 11.0 Å². The van der Waals surface area contributed by atoms with Crippen LogP contribution in [0, 0.1) is 0 Å². The second kappa shape index (κ2) is 7.22. The number of carbonyl (C=O) groups excluding carboxylic acids is 1. The molecule has 0 spiro atoms. The van der Waals surface area contributed by atoms with Gasteiger partial charge in [0.05, 0.1) is 11.0 Å². The molecule has 0 atom stereocenters. The van der Waals surface area contributed by atoms with Crippen LogP contribution in [0.3, 0.4) is 0 Å². The highest BCUT2D eigenvalue weighted by Gasteiger charge is 2.04. The van der Waals surface area contributed by atoms with Crippen LogP contribution in [0.5, 0.6) is 0 Å². The Labute approximate surface area is 133 Å². The highest BCUT2D eigenvalue weighted by atomic mass is 32.1. The van der Waals surface area contributed by atoms with Crippen molar-refractivity contribution < 1.29 is 4.79 Å². The van der Waals surface area contributed by atoms with Crippen LogP contribution in [0.2, 0.25) is 0 Å². The van der Waals surface area contributed by atoms with Crippen molar-refractivity contribution in [1.82, 2.24) is 15.3 Å². The molecule has 3 rings (SSSR count). The maximum atomic E-state index is 11.8. The van der Waals surface area contributed by atoms with Gasteiger partial charge >= 0.3 is 0 Å². The Morgan fingerprint density at radius 3 is 2.91 bits per heavy atom. The van der Waals surface area contributed by atoms with Gasteiger partial charge in [-0.15, -0.1) is 11.3 Å². The number of hydrogen-bond acceptors (Lipinski definition) is 3. The molecule has 3 aromatic rings. The van der Waals surface area contributed by atoms with Crippen molar-refractivity contribution in [2.45, 2.75) is 25.7 Å². The zero-order chi connectivity index (χ0) is 15.2. The van der Waals surface area contributed by atoms with Gasteiger partial charge in [-0.1, -0.05) is 18.2 Å². The Hall–Kier alpha value is -2.14. The number of aromatic nitrogens is 2. The lowest BCUT2D eigenvalue weighted by molar-refractivity contribution is -0.121. The number of hydrogen-bond donors (Lipinski definition) is 2. The van der Waals surface area contributed by atoms with Gasteiger partial charge in [-0.25, -0.2) is 4.98 Å². The molecular weight excluding hydrogens is 294 g/mol. The Balaban J connectivity index is 1.38. The highest BCUT2D eigenvalue weighted by molar-refractivity contribution is 7.09. The number of fused-ring (bicyclic) bond motifs is 1. The van der Waals surface area contributed by atoms with Gasteiger partial charge < -0.3 is 10.3 Å². The van der Waals surface area contributed by atoms with E-state index in [0.29, 0.717) is 13.0 Å². The molecule has 2 aromatic heterocycles. The fourth-order valence-electron chi connectivity index (χ4n) is 2.41. The second-order valence-corrected chi connectivity index (χ2v) is 6.27. The number of aryl methyl sites for hydroxylation is 1. The molecule has 0 unspecified atom stereocenters. The van der Waals surface area contributed by atoms with E-state index in [-0.39, 0.29) is 5.91 Å². The first-order valence-electron chi connectivity index (χ1n) is 7.54. The SMILES string of the molecule is O=C(CCCc1cccs1)NCCc1nc2ccccc2[nH]1. The minimum absolute atomic E-state index is 0.118. The van der Waals surface area contributed by atoms with E-state index in [2.05, 4.69) is 26.7 Å². The average molecular weight is 313 g/mol. The molecule has 0 saturated heterocycles. The van der Waals surface area contributed by atoms with E-state index in [1.54, 1.807) is 11.3 Å². The lowest BCUT2D eigenvalue weighted by Crippen LogP contribution is -2.25. The first-order valence-corrected chi connectivity index (χ1v) is 8.42. The van der Waals surface area contributed by atoms with Crippen molar-refractivity contribution >= 4 is 28.3 Å². The topological polar surface area (TPSA) is 57.8 Å². The largest absolute Gasteiger partial charge is 0.356 e. The van der Waals surface area contributed by atoms with Gasteiger partial charge in [-0.2, -0.15) is 0 Å². The zero-order valence-corrected chi connectivity index (χ0v) is 13.2. The summed E-state index contributed by atoms with van der Waals surface area (Å²) >= 11 is 1.75. The Morgan fingerprint density at radius 1 is 1.18 bits per heavy atom. The molecule has 0 fully saturated rings. The molecule has 2 N–H and O–H groups in total. The molecule has 114 valence electrons. The predicted octanol–water partition coefficient (Wildman–Crippen LogP) is 3.31. The summed E-state index contributed by atoms with van der Waals surface area (Å²) in [6, 6.07) is 12.1. The van der Waals surface area contributed by atoms with Crippen molar-refractivity contribution in [1.29, 1.82) is 0 Å². The molecule has 22 heavy (non-hydrogen) atoms. The molecule has 0 aliphatic rings. The minimum Gasteiger partial charge on any atom is -0.356 e. The summed E-state index contributed by atoms with van der Waals surface area (Å²) in [6.07, 6.45) is 3.19. The van der Waals surface area contributed by atoms with Crippen molar-refractivity contribution in [2.24, 2.45) is 0 Å². The third-order valence-corrected chi connectivity index (χ3v) is 4.47. The van der Waals surface area contributed by atoms with E-state index < -0.39 is 0 Å². The molecule has 1 amide bonds. The second-order valence-electron chi connectivity index (χ2n) is 5.23. The number of rotatable bonds is 7. The summed E-state index contributed by atoms with van der Waals surface area (Å²) < 4.78 is 0. The third kappa shape index (κ3) is 3.95. The number of thiophene rings is 1. The van der Waals surface area contributed by atoms with Gasteiger partial charge in [0.15, 0.2) is 0 Å². The first-order chi connectivity index (χ1) is 10.8. The number of carbonyl (C=O) groups is 1. The zero-order valence-electron chi connectivity index (χ0n) is 12.3. The molecule has 0 bridgehead atoms. The summed E-state index contributed by atoms with van der Waals surface area (Å²) in [5, 5.41) is 5.03. The first kappa shape index (κ1) is 14.8. The van der Waals surface area contributed by atoms with Gasteiger partial charge in [-0.3, -0.25) is 4.79 Å². The number of imidazole rings is 1. The summed E-state index contributed by atoms with van der Waals surface area (Å²) in [4.78, 5) is 20.9. The van der Waals surface area contributed by atoms with Crippen molar-refractivity contribution in [3.05, 3.63) is 52.5 Å². The third-order valence-electron chi connectivity index (χ3n) is 3.53. The van der Waals surface area contributed by atoms with Crippen LogP contribution in [0.15, 0.2) is 41.8 Å². The van der Waals surface area contributed by atoms with E-state index in [0.717, 1.165) is 36.1 Å². The van der Waals surface area contributed by atoms with Crippen LogP contribution in [-0.2, 0) is 17.6 Å². The van der Waals surface area contributed by atoms with E-state index in [1.807, 2.05) is 30.3 Å². The Bertz CT molecular complexity index is 700. The predicted molar refractivity (Wildman–Crippen MR) is 90.1 cm³/mol. The quantitative estimate of drug-likeness (QED) is 0.703. The maximum Gasteiger partial charge on any atom is 0.220 e. The van der Waals surface area contributed by atoms with Crippen molar-refractivity contribution in [3.8, 4) is 0 Å². The van der Waals surface area contributed by atoms with Crippen LogP contribution < -0.4 is 5.32 Å². The summed E-state index contributed by atoms with van der Waals surface area (Å²) in [5.41, 5.74) is 2.01. The standard InChI is InChI=1S/C17H19N3OS/c21-17(9-3-5-13-6-4-12-22-13)18-11-10-16-19-14-7-1-2-8-15(14)20-16/h1-2,4,6-8,12H,3,5,9-11H2,(H,18,21)(H,19,20). The van der Waals surface area contributed by atoms with Gasteiger partial charge in [0, 0.05) is 24.3 Å². The van der Waals surface area contributed by atoms with Gasteiger partial charge in [0.1, 0.15) is 5.82 Å². The monoisotopic (exact) mass is 313 g/mol. The molecular formula is C17H19N3OS. The highest BCUT2D eigenvalue weighted by Crippen LogP contribution is 2.12. The molecule has 1 aromatic carbocycles. The Morgan fingerprint density at radius 2 is 2.09 bits per heavy atom. The van der Waals surface area contributed by atoms with Crippen molar-refractivity contribution in [2.75, 3.05) is 6.54 Å². The van der Waals surface area contributed by atoms with Gasteiger partial charge in [-0.05, 0) is 36.4 Å². The number of amides is 1. The molecule has 5 heteroatoms. The van der Waals surface area contributed by atoms with Gasteiger partial charge in [0.25, 0.3) is 0 Å². The molecule has 2 heterocycles. The molecule has 0 aliphatic carbocycles. The number of aromatic amines is 1. The minimum atomic E-state index is 0.118. The van der Waals surface area contributed by atoms with E-state index >= 15 is 0 Å². The summed E-state index contributed by atoms with van der Waals surface area (Å²) in [7, 11) is 0. The fourth-order valence-corrected chi connectivity index (χ4v) is 3.16. The maximum absolute atomic E-state index is 11.8. The van der Waals surface area contributed by atoms with Crippen molar-refractivity contribution in [3.63, 3.8) is 0 Å². The summed E-state index contributed by atoms with van der Waals surface area (Å²) in [6.45, 7) is 0.623. The number of nitrogens with one attached hydrogen (secondary N) is 2. The summed E-state index contributed by atoms with van der Waals surface area (Å²) in [5.74, 6) is 1.03. The normalized spacial score (nSPS) is 10.9. The smallest absolute Gasteiger partial charge is 0.220 e. The van der Waals surface area contributed by atoms with Crippen LogP contribution in [0.4, 0.5) is 0 Å². The van der Waals surface area contributed by atoms with E-state index in [1.165, 1.54) is 4.88 Å².